The lowest BCUT2D eigenvalue weighted by Gasteiger charge is -2.45. The van der Waals surface area contributed by atoms with E-state index in [1.807, 2.05) is 37.4 Å². The van der Waals surface area contributed by atoms with Crippen molar-refractivity contribution >= 4 is 11.9 Å². The molecule has 1 aromatic rings. The van der Waals surface area contributed by atoms with Gasteiger partial charge in [0.1, 0.15) is 6.61 Å². The molecule has 0 aliphatic carbocycles. The van der Waals surface area contributed by atoms with Crippen molar-refractivity contribution < 1.29 is 19.2 Å². The Balaban J connectivity index is 1.82. The SMILES string of the molecule is COC(=O)C1CC(=O)N(OCc2ccccc2)C12CCN(C)CC2. The Kier molecular flexibility index (Phi) is 4.87. The average molecular weight is 332 g/mol. The van der Waals surface area contributed by atoms with Gasteiger partial charge in [-0.15, -0.1) is 0 Å². The van der Waals surface area contributed by atoms with E-state index in [9.17, 15) is 9.59 Å². The van der Waals surface area contributed by atoms with Gasteiger partial charge in [0.2, 0.25) is 5.91 Å². The number of carbonyl (C=O) groups is 2. The highest BCUT2D eigenvalue weighted by atomic mass is 16.7. The van der Waals surface area contributed by atoms with E-state index in [-0.39, 0.29) is 18.3 Å². The van der Waals surface area contributed by atoms with Gasteiger partial charge in [0, 0.05) is 19.5 Å². The van der Waals surface area contributed by atoms with Crippen molar-refractivity contribution in [3.8, 4) is 0 Å². The number of hydrogen-bond donors (Lipinski definition) is 0. The van der Waals surface area contributed by atoms with Gasteiger partial charge in [0.15, 0.2) is 0 Å². The minimum Gasteiger partial charge on any atom is -0.469 e. The molecule has 2 fully saturated rings. The third kappa shape index (κ3) is 3.03. The van der Waals surface area contributed by atoms with Crippen molar-refractivity contribution in [2.75, 3.05) is 27.2 Å². The van der Waals surface area contributed by atoms with Crippen molar-refractivity contribution in [3.05, 3.63) is 35.9 Å². The summed E-state index contributed by atoms with van der Waals surface area (Å²) < 4.78 is 4.96. The quantitative estimate of drug-likeness (QED) is 0.784. The predicted octanol–water partition coefficient (Wildman–Crippen LogP) is 1.60. The molecule has 0 N–H and O–H groups in total. The second kappa shape index (κ2) is 6.91. The highest BCUT2D eigenvalue weighted by molar-refractivity contribution is 5.88. The lowest BCUT2D eigenvalue weighted by atomic mass is 9.77. The molecule has 0 bridgehead atoms. The number of likely N-dealkylation sites (tertiary alicyclic amines) is 1. The predicted molar refractivity (Wildman–Crippen MR) is 87.7 cm³/mol. The molecule has 1 atom stereocenters. The van der Waals surface area contributed by atoms with E-state index in [0.717, 1.165) is 18.7 Å². The number of hydrogen-bond acceptors (Lipinski definition) is 5. The van der Waals surface area contributed by atoms with Crippen LogP contribution in [0.4, 0.5) is 0 Å². The summed E-state index contributed by atoms with van der Waals surface area (Å²) in [4.78, 5) is 32.9. The number of piperidine rings is 1. The van der Waals surface area contributed by atoms with Crippen LogP contribution in [0.2, 0.25) is 0 Å². The molecule has 1 spiro atoms. The topological polar surface area (TPSA) is 59.1 Å². The first kappa shape index (κ1) is 16.9. The van der Waals surface area contributed by atoms with Gasteiger partial charge in [-0.05, 0) is 25.5 Å². The molecule has 0 aromatic heterocycles. The van der Waals surface area contributed by atoms with Crippen LogP contribution in [-0.4, -0.2) is 54.6 Å². The molecule has 1 aromatic carbocycles. The van der Waals surface area contributed by atoms with Gasteiger partial charge in [-0.2, -0.15) is 0 Å². The second-order valence-electron chi connectivity index (χ2n) is 6.63. The Morgan fingerprint density at radius 3 is 2.54 bits per heavy atom. The fraction of sp³-hybridized carbons (Fsp3) is 0.556. The van der Waals surface area contributed by atoms with Crippen LogP contribution in [0.5, 0.6) is 0 Å². The summed E-state index contributed by atoms with van der Waals surface area (Å²) >= 11 is 0. The molecule has 24 heavy (non-hydrogen) atoms. The van der Waals surface area contributed by atoms with Gasteiger partial charge in [0.05, 0.1) is 18.6 Å². The summed E-state index contributed by atoms with van der Waals surface area (Å²) in [6.07, 6.45) is 1.58. The molecule has 3 rings (SSSR count). The minimum absolute atomic E-state index is 0.133. The molecule has 0 saturated carbocycles. The van der Waals surface area contributed by atoms with Crippen LogP contribution in [0.1, 0.15) is 24.8 Å². The van der Waals surface area contributed by atoms with Gasteiger partial charge < -0.3 is 9.64 Å². The van der Waals surface area contributed by atoms with Crippen LogP contribution in [0, 0.1) is 5.92 Å². The number of carbonyl (C=O) groups excluding carboxylic acids is 2. The Morgan fingerprint density at radius 2 is 1.92 bits per heavy atom. The number of ether oxygens (including phenoxy) is 1. The van der Waals surface area contributed by atoms with E-state index in [4.69, 9.17) is 9.57 Å². The maximum atomic E-state index is 12.6. The van der Waals surface area contributed by atoms with E-state index in [0.29, 0.717) is 19.4 Å². The molecule has 2 aliphatic heterocycles. The van der Waals surface area contributed by atoms with E-state index >= 15 is 0 Å². The first-order valence-corrected chi connectivity index (χ1v) is 8.33. The van der Waals surface area contributed by atoms with Crippen molar-refractivity contribution in [3.63, 3.8) is 0 Å². The lowest BCUT2D eigenvalue weighted by Crippen LogP contribution is -2.56. The number of nitrogens with zero attached hydrogens (tertiary/aromatic N) is 2. The van der Waals surface area contributed by atoms with Gasteiger partial charge >= 0.3 is 5.97 Å². The number of methoxy groups -OCH3 is 1. The zero-order valence-electron chi connectivity index (χ0n) is 14.2. The fourth-order valence-electron chi connectivity index (χ4n) is 3.75. The first-order chi connectivity index (χ1) is 11.6. The average Bonchev–Trinajstić information content (AvgIpc) is 2.88. The fourth-order valence-corrected chi connectivity index (χ4v) is 3.75. The zero-order chi connectivity index (χ0) is 17.2. The van der Waals surface area contributed by atoms with Crippen molar-refractivity contribution in [1.82, 2.24) is 9.96 Å². The molecule has 6 heteroatoms. The van der Waals surface area contributed by atoms with Crippen molar-refractivity contribution in [2.24, 2.45) is 5.92 Å². The Bertz CT molecular complexity index is 596. The Hall–Kier alpha value is -1.92. The molecule has 2 heterocycles. The third-order valence-corrected chi connectivity index (χ3v) is 5.20. The molecule has 0 radical (unpaired) electrons. The van der Waals surface area contributed by atoms with Crippen LogP contribution in [0.15, 0.2) is 30.3 Å². The highest BCUT2D eigenvalue weighted by Gasteiger charge is 2.58. The van der Waals surface area contributed by atoms with Gasteiger partial charge in [-0.1, -0.05) is 30.3 Å². The maximum absolute atomic E-state index is 12.6. The summed E-state index contributed by atoms with van der Waals surface area (Å²) in [6, 6.07) is 9.73. The van der Waals surface area contributed by atoms with E-state index < -0.39 is 11.5 Å². The lowest BCUT2D eigenvalue weighted by molar-refractivity contribution is -0.228. The maximum Gasteiger partial charge on any atom is 0.311 e. The van der Waals surface area contributed by atoms with Crippen molar-refractivity contribution in [1.29, 1.82) is 0 Å². The Morgan fingerprint density at radius 1 is 1.25 bits per heavy atom. The first-order valence-electron chi connectivity index (χ1n) is 8.33. The summed E-state index contributed by atoms with van der Waals surface area (Å²) in [6.45, 7) is 1.97. The normalized spacial score (nSPS) is 23.7. The molecular weight excluding hydrogens is 308 g/mol. The second-order valence-corrected chi connectivity index (χ2v) is 6.63. The zero-order valence-corrected chi connectivity index (χ0v) is 14.2. The molecule has 2 aliphatic rings. The molecule has 1 unspecified atom stereocenters. The smallest absolute Gasteiger partial charge is 0.311 e. The molecular formula is C18H24N2O4. The highest BCUT2D eigenvalue weighted by Crippen LogP contribution is 2.44. The molecule has 130 valence electrons. The van der Waals surface area contributed by atoms with Crippen LogP contribution in [0.3, 0.4) is 0 Å². The van der Waals surface area contributed by atoms with Crippen LogP contribution < -0.4 is 0 Å². The van der Waals surface area contributed by atoms with Crippen LogP contribution in [-0.2, 0) is 25.8 Å². The summed E-state index contributed by atoms with van der Waals surface area (Å²) in [7, 11) is 3.43. The number of benzene rings is 1. The van der Waals surface area contributed by atoms with Crippen LogP contribution >= 0.6 is 0 Å². The Labute approximate surface area is 142 Å². The summed E-state index contributed by atoms with van der Waals surface area (Å²) in [5.74, 6) is -0.913. The van der Waals surface area contributed by atoms with Gasteiger partial charge in [-0.3, -0.25) is 14.4 Å². The number of hydroxylamine groups is 2. The molecule has 2 saturated heterocycles. The molecule has 6 nitrogen and oxygen atoms in total. The third-order valence-electron chi connectivity index (χ3n) is 5.20. The summed E-state index contributed by atoms with van der Waals surface area (Å²) in [5.41, 5.74) is 0.403. The number of rotatable bonds is 4. The standard InChI is InChI=1S/C18H24N2O4/c1-19-10-8-18(9-11-19)15(17(22)23-2)12-16(21)20(18)24-13-14-6-4-3-5-7-14/h3-7,15H,8-13H2,1-2H3. The van der Waals surface area contributed by atoms with E-state index in [1.165, 1.54) is 12.2 Å². The monoisotopic (exact) mass is 332 g/mol. The summed E-state index contributed by atoms with van der Waals surface area (Å²) in [5, 5.41) is 1.48. The van der Waals surface area contributed by atoms with Crippen molar-refractivity contribution in [2.45, 2.75) is 31.4 Å². The number of esters is 1. The van der Waals surface area contributed by atoms with Gasteiger partial charge in [-0.25, -0.2) is 5.06 Å². The van der Waals surface area contributed by atoms with Crippen LogP contribution in [0.25, 0.3) is 0 Å². The minimum atomic E-state index is -0.592. The largest absolute Gasteiger partial charge is 0.469 e. The van der Waals surface area contributed by atoms with Gasteiger partial charge in [0.25, 0.3) is 0 Å². The van der Waals surface area contributed by atoms with E-state index in [2.05, 4.69) is 4.90 Å². The molecule has 1 amide bonds. The number of amides is 1. The van der Waals surface area contributed by atoms with E-state index in [1.54, 1.807) is 0 Å².